The number of nitrogens with one attached hydrogen (secondary N) is 1. The van der Waals surface area contributed by atoms with Gasteiger partial charge in [-0.25, -0.2) is 19.9 Å². The van der Waals surface area contributed by atoms with Crippen molar-refractivity contribution in [3.63, 3.8) is 0 Å². The summed E-state index contributed by atoms with van der Waals surface area (Å²) in [4.78, 5) is 25.7. The number of imidazole rings is 1. The zero-order valence-electron chi connectivity index (χ0n) is 15.2. The number of nitrogens with zero attached hydrogens (tertiary/aromatic N) is 5. The highest BCUT2D eigenvalue weighted by Crippen LogP contribution is 2.33. The third-order valence-electron chi connectivity index (χ3n) is 4.83. The molecule has 1 unspecified atom stereocenters. The molecule has 0 amide bonds. The summed E-state index contributed by atoms with van der Waals surface area (Å²) in [7, 11) is 0. The fourth-order valence-electron chi connectivity index (χ4n) is 3.38. The largest absolute Gasteiger partial charge is 0.382 e. The molecule has 7 nitrogen and oxygen atoms in total. The number of nitrogens with two attached hydrogens (primary N) is 1. The van der Waals surface area contributed by atoms with E-state index in [-0.39, 0.29) is 5.92 Å². The zero-order chi connectivity index (χ0) is 19.1. The average Bonchev–Trinajstić information content (AvgIpc) is 3.22. The van der Waals surface area contributed by atoms with Gasteiger partial charge in [0.1, 0.15) is 11.3 Å². The van der Waals surface area contributed by atoms with Crippen LogP contribution in [0.4, 0.5) is 5.82 Å². The molecule has 0 bridgehead atoms. The minimum atomic E-state index is -0.178. The van der Waals surface area contributed by atoms with Crippen molar-refractivity contribution in [2.75, 3.05) is 5.73 Å². The maximum Gasteiger partial charge on any atom is 0.183 e. The fourth-order valence-corrected chi connectivity index (χ4v) is 3.38. The van der Waals surface area contributed by atoms with Gasteiger partial charge in [0.25, 0.3) is 0 Å². The predicted octanol–water partition coefficient (Wildman–Crippen LogP) is 3.70. The lowest BCUT2D eigenvalue weighted by Crippen LogP contribution is -2.09. The second kappa shape index (κ2) is 6.38. The average molecular weight is 367 g/mol. The Morgan fingerprint density at radius 1 is 0.929 bits per heavy atom. The van der Waals surface area contributed by atoms with Crippen LogP contribution in [-0.4, -0.2) is 29.9 Å². The van der Waals surface area contributed by atoms with Crippen LogP contribution in [0.5, 0.6) is 0 Å². The molecule has 0 radical (unpaired) electrons. The second-order valence-electron chi connectivity index (χ2n) is 6.62. The molecular formula is C21H17N7. The van der Waals surface area contributed by atoms with Crippen molar-refractivity contribution in [2.24, 2.45) is 0 Å². The van der Waals surface area contributed by atoms with Crippen LogP contribution in [0.15, 0.2) is 61.1 Å². The highest BCUT2D eigenvalue weighted by molar-refractivity contribution is 5.83. The summed E-state index contributed by atoms with van der Waals surface area (Å²) in [6.07, 6.45) is 3.34. The lowest BCUT2D eigenvalue weighted by Gasteiger charge is -2.16. The van der Waals surface area contributed by atoms with Gasteiger partial charge < -0.3 is 10.7 Å². The molecule has 0 aliphatic heterocycles. The van der Waals surface area contributed by atoms with Gasteiger partial charge in [-0.3, -0.25) is 4.98 Å². The van der Waals surface area contributed by atoms with Gasteiger partial charge in [0.2, 0.25) is 0 Å². The van der Waals surface area contributed by atoms with Crippen LogP contribution in [0.3, 0.4) is 0 Å². The summed E-state index contributed by atoms with van der Waals surface area (Å²) in [5, 5.41) is 0. The number of hydrogen-bond acceptors (Lipinski definition) is 6. The maximum atomic E-state index is 6.10. The zero-order valence-corrected chi connectivity index (χ0v) is 15.2. The molecule has 0 spiro atoms. The van der Waals surface area contributed by atoms with Crippen molar-refractivity contribution < 1.29 is 0 Å². The van der Waals surface area contributed by atoms with Gasteiger partial charge in [-0.2, -0.15) is 0 Å². The van der Waals surface area contributed by atoms with Crippen LogP contribution in [-0.2, 0) is 0 Å². The van der Waals surface area contributed by atoms with Crippen LogP contribution < -0.4 is 5.73 Å². The van der Waals surface area contributed by atoms with Gasteiger partial charge in [0.05, 0.1) is 29.0 Å². The van der Waals surface area contributed by atoms with Gasteiger partial charge in [0, 0.05) is 11.8 Å². The van der Waals surface area contributed by atoms with Crippen molar-refractivity contribution in [1.82, 2.24) is 29.9 Å². The summed E-state index contributed by atoms with van der Waals surface area (Å²) in [6.45, 7) is 2.03. The Morgan fingerprint density at radius 2 is 1.79 bits per heavy atom. The molecule has 0 aliphatic carbocycles. The number of hydrogen-bond donors (Lipinski definition) is 2. The van der Waals surface area contributed by atoms with E-state index >= 15 is 0 Å². The summed E-state index contributed by atoms with van der Waals surface area (Å²) in [5.41, 5.74) is 11.9. The standard InChI is InChI=1S/C21H17N7/c1-12(20-27-19(22)18-21(28-20)25-11-24-18)17-14(13-6-3-2-4-7-13)10-16-15(26-17)8-5-9-23-16/h2-12H,1H3,(H3,22,24,25,27,28). The van der Waals surface area contributed by atoms with Crippen LogP contribution >= 0.6 is 0 Å². The highest BCUT2D eigenvalue weighted by atomic mass is 15.1. The van der Waals surface area contributed by atoms with E-state index in [1.165, 1.54) is 0 Å². The molecule has 0 aliphatic rings. The summed E-state index contributed by atoms with van der Waals surface area (Å²) < 4.78 is 0. The Labute approximate surface area is 160 Å². The molecule has 1 atom stereocenters. The summed E-state index contributed by atoms with van der Waals surface area (Å²) in [5.74, 6) is 0.793. The van der Waals surface area contributed by atoms with Crippen molar-refractivity contribution >= 4 is 28.0 Å². The number of H-pyrrole nitrogens is 1. The second-order valence-corrected chi connectivity index (χ2v) is 6.62. The molecule has 4 heterocycles. The Kier molecular flexibility index (Phi) is 3.72. The third-order valence-corrected chi connectivity index (χ3v) is 4.83. The van der Waals surface area contributed by atoms with Crippen LogP contribution in [0.2, 0.25) is 0 Å². The minimum Gasteiger partial charge on any atom is -0.382 e. The van der Waals surface area contributed by atoms with E-state index < -0.39 is 0 Å². The van der Waals surface area contributed by atoms with E-state index in [1.807, 2.05) is 37.3 Å². The third kappa shape index (κ3) is 2.64. The smallest absolute Gasteiger partial charge is 0.183 e. The van der Waals surface area contributed by atoms with Crippen LogP contribution in [0.25, 0.3) is 33.3 Å². The first kappa shape index (κ1) is 16.3. The molecule has 136 valence electrons. The Balaban J connectivity index is 1.73. The quantitative estimate of drug-likeness (QED) is 0.504. The van der Waals surface area contributed by atoms with Crippen molar-refractivity contribution in [1.29, 1.82) is 0 Å². The molecule has 3 N–H and O–H groups in total. The molecule has 0 fully saturated rings. The van der Waals surface area contributed by atoms with Gasteiger partial charge in [-0.1, -0.05) is 30.3 Å². The van der Waals surface area contributed by atoms with E-state index in [0.717, 1.165) is 27.9 Å². The lowest BCUT2D eigenvalue weighted by molar-refractivity contribution is 0.802. The molecular weight excluding hydrogens is 350 g/mol. The number of benzene rings is 1. The number of aromatic nitrogens is 6. The van der Waals surface area contributed by atoms with Crippen LogP contribution in [0, 0.1) is 0 Å². The number of pyridine rings is 2. The molecule has 0 saturated carbocycles. The fraction of sp³-hybridized carbons (Fsp3) is 0.0952. The van der Waals surface area contributed by atoms with E-state index in [4.69, 9.17) is 10.7 Å². The molecule has 5 aromatic rings. The predicted molar refractivity (Wildman–Crippen MR) is 109 cm³/mol. The number of rotatable bonds is 3. The van der Waals surface area contributed by atoms with Gasteiger partial charge in [-0.05, 0) is 30.7 Å². The first-order valence-electron chi connectivity index (χ1n) is 8.98. The summed E-state index contributed by atoms with van der Waals surface area (Å²) >= 11 is 0. The molecule has 1 aromatic carbocycles. The number of fused-ring (bicyclic) bond motifs is 2. The monoisotopic (exact) mass is 367 g/mol. The topological polar surface area (TPSA) is 106 Å². The first-order chi connectivity index (χ1) is 13.7. The Hall–Kier alpha value is -3.87. The Morgan fingerprint density at radius 3 is 2.64 bits per heavy atom. The number of anilines is 1. The van der Waals surface area contributed by atoms with Crippen molar-refractivity contribution in [3.8, 4) is 11.1 Å². The normalized spacial score (nSPS) is 12.5. The number of aromatic amines is 1. The molecule has 0 saturated heterocycles. The molecule has 7 heteroatoms. The van der Waals surface area contributed by atoms with Crippen molar-refractivity contribution in [2.45, 2.75) is 12.8 Å². The van der Waals surface area contributed by atoms with Gasteiger partial charge >= 0.3 is 0 Å². The summed E-state index contributed by atoms with van der Waals surface area (Å²) in [6, 6.07) is 16.1. The SMILES string of the molecule is CC(c1nc(N)c2[nH]cnc2n1)c1nc2cccnc2cc1-c1ccccc1. The first-order valence-corrected chi connectivity index (χ1v) is 8.98. The lowest BCUT2D eigenvalue weighted by atomic mass is 9.95. The maximum absolute atomic E-state index is 6.10. The van der Waals surface area contributed by atoms with Gasteiger partial charge in [0.15, 0.2) is 11.5 Å². The van der Waals surface area contributed by atoms with E-state index in [1.54, 1.807) is 12.5 Å². The van der Waals surface area contributed by atoms with Crippen molar-refractivity contribution in [3.05, 3.63) is 72.6 Å². The highest BCUT2D eigenvalue weighted by Gasteiger charge is 2.21. The molecule has 28 heavy (non-hydrogen) atoms. The minimum absolute atomic E-state index is 0.178. The van der Waals surface area contributed by atoms with E-state index in [2.05, 4.69) is 43.1 Å². The van der Waals surface area contributed by atoms with Gasteiger partial charge in [-0.15, -0.1) is 0 Å². The Bertz CT molecular complexity index is 1290. The van der Waals surface area contributed by atoms with Crippen LogP contribution in [0.1, 0.15) is 24.4 Å². The molecule has 5 rings (SSSR count). The van der Waals surface area contributed by atoms with E-state index in [0.29, 0.717) is 22.8 Å². The van der Waals surface area contributed by atoms with E-state index in [9.17, 15) is 0 Å². The number of nitrogen functional groups attached to an aromatic ring is 1. The molecule has 4 aromatic heterocycles.